The van der Waals surface area contributed by atoms with Crippen LogP contribution in [0.5, 0.6) is 0 Å². The van der Waals surface area contributed by atoms with Crippen molar-refractivity contribution in [2.24, 2.45) is 5.92 Å². The molecular weight excluding hydrogens is 333 g/mol. The summed E-state index contributed by atoms with van der Waals surface area (Å²) in [5, 5.41) is 9.70. The van der Waals surface area contributed by atoms with Crippen LogP contribution in [0.3, 0.4) is 0 Å². The fourth-order valence-corrected chi connectivity index (χ4v) is 3.24. The zero-order valence-corrected chi connectivity index (χ0v) is 13.3. The number of alkyl halides is 3. The molecule has 8 heteroatoms. The van der Waals surface area contributed by atoms with Crippen LogP contribution in [0.15, 0.2) is 36.4 Å². The first-order valence-electron chi connectivity index (χ1n) is 8.21. The lowest BCUT2D eigenvalue weighted by molar-refractivity contribution is -0.174. The van der Waals surface area contributed by atoms with Crippen LogP contribution in [0, 0.1) is 5.92 Å². The lowest BCUT2D eigenvalue weighted by atomic mass is 10.0. The number of nitrogens with one attached hydrogen (secondary N) is 2. The lowest BCUT2D eigenvalue weighted by Gasteiger charge is -2.33. The molecule has 1 amide bonds. The predicted molar refractivity (Wildman–Crippen MR) is 86.5 cm³/mol. The van der Waals surface area contributed by atoms with Crippen molar-refractivity contribution < 1.29 is 18.0 Å². The van der Waals surface area contributed by atoms with Crippen molar-refractivity contribution >= 4 is 17.4 Å². The van der Waals surface area contributed by atoms with E-state index < -0.39 is 18.1 Å². The Kier molecular flexibility index (Phi) is 3.70. The third-order valence-electron chi connectivity index (χ3n) is 4.67. The molecule has 1 aliphatic heterocycles. The number of benzene rings is 1. The van der Waals surface area contributed by atoms with Crippen molar-refractivity contribution in [3.05, 3.63) is 42.1 Å². The molecule has 0 radical (unpaired) electrons. The van der Waals surface area contributed by atoms with Crippen molar-refractivity contribution in [2.75, 3.05) is 10.6 Å². The highest BCUT2D eigenvalue weighted by molar-refractivity contribution is 6.03. The quantitative estimate of drug-likeness (QED) is 0.884. The molecule has 2 heterocycles. The highest BCUT2D eigenvalue weighted by Crippen LogP contribution is 2.45. The number of halogens is 3. The largest absolute Gasteiger partial charge is 0.410 e. The highest BCUT2D eigenvalue weighted by Gasteiger charge is 2.49. The predicted octanol–water partition coefficient (Wildman–Crippen LogP) is 3.83. The van der Waals surface area contributed by atoms with Gasteiger partial charge >= 0.3 is 6.18 Å². The van der Waals surface area contributed by atoms with Gasteiger partial charge in [-0.05, 0) is 37.3 Å². The number of carbonyl (C=O) groups is 1. The third kappa shape index (κ3) is 3.20. The number of nitrogens with zero attached hydrogens (tertiary/aromatic N) is 2. The van der Waals surface area contributed by atoms with Crippen molar-refractivity contribution in [1.29, 1.82) is 0 Å². The van der Waals surface area contributed by atoms with Crippen molar-refractivity contribution in [2.45, 2.75) is 37.5 Å². The maximum absolute atomic E-state index is 13.4. The molecule has 2 aromatic rings. The fraction of sp³-hybridized carbons (Fsp3) is 0.412. The van der Waals surface area contributed by atoms with Crippen LogP contribution in [-0.2, 0) is 0 Å². The van der Waals surface area contributed by atoms with Gasteiger partial charge < -0.3 is 10.6 Å². The fourth-order valence-electron chi connectivity index (χ4n) is 3.24. The van der Waals surface area contributed by atoms with Gasteiger partial charge in [0.2, 0.25) is 0 Å². The van der Waals surface area contributed by atoms with E-state index in [0.29, 0.717) is 5.69 Å². The van der Waals surface area contributed by atoms with Crippen molar-refractivity contribution in [3.63, 3.8) is 0 Å². The second kappa shape index (κ2) is 5.79. The number of rotatable bonds is 3. The van der Waals surface area contributed by atoms with E-state index in [0.717, 1.165) is 17.5 Å². The van der Waals surface area contributed by atoms with Gasteiger partial charge in [0.15, 0.2) is 11.7 Å². The van der Waals surface area contributed by atoms with Gasteiger partial charge in [-0.25, -0.2) is 4.68 Å². The molecule has 1 saturated carbocycles. The Morgan fingerprint density at radius 3 is 2.60 bits per heavy atom. The minimum atomic E-state index is -4.40. The molecule has 1 aromatic heterocycles. The summed E-state index contributed by atoms with van der Waals surface area (Å²) >= 11 is 0. The van der Waals surface area contributed by atoms with E-state index in [9.17, 15) is 18.0 Å². The number of carbonyl (C=O) groups excluding carboxylic acids is 1. The lowest BCUT2D eigenvalue weighted by Crippen LogP contribution is -2.40. The van der Waals surface area contributed by atoms with E-state index in [-0.39, 0.29) is 29.9 Å². The molecule has 0 spiro atoms. The minimum absolute atomic E-state index is 0.0305. The summed E-state index contributed by atoms with van der Waals surface area (Å²) in [5.41, 5.74) is 0.534. The number of hydrogen-bond donors (Lipinski definition) is 2. The van der Waals surface area contributed by atoms with Crippen LogP contribution in [0.2, 0.25) is 0 Å². The van der Waals surface area contributed by atoms with E-state index in [2.05, 4.69) is 15.7 Å². The van der Waals surface area contributed by atoms with Gasteiger partial charge in [0.1, 0.15) is 5.82 Å². The number of fused-ring (bicyclic) bond motifs is 1. The van der Waals surface area contributed by atoms with Gasteiger partial charge in [-0.3, -0.25) is 4.79 Å². The molecule has 2 aliphatic rings. The highest BCUT2D eigenvalue weighted by atomic mass is 19.4. The molecule has 2 unspecified atom stereocenters. The first kappa shape index (κ1) is 16.0. The van der Waals surface area contributed by atoms with Gasteiger partial charge in [0.05, 0.1) is 0 Å². The molecule has 2 N–H and O–H groups in total. The second-order valence-corrected chi connectivity index (χ2v) is 6.56. The SMILES string of the molecule is O=C(Nc1ccccc1)c1cc2n(n1)C(C(F)(F)F)CC(C1CC1)N2. The number of aromatic nitrogens is 2. The van der Waals surface area contributed by atoms with Crippen LogP contribution in [0.1, 0.15) is 35.8 Å². The smallest absolute Gasteiger partial charge is 0.367 e. The zero-order chi connectivity index (χ0) is 17.6. The van der Waals surface area contributed by atoms with Gasteiger partial charge in [-0.2, -0.15) is 18.3 Å². The topological polar surface area (TPSA) is 59.0 Å². The number of para-hydroxylation sites is 1. The Balaban J connectivity index is 1.61. The Morgan fingerprint density at radius 2 is 1.96 bits per heavy atom. The van der Waals surface area contributed by atoms with Crippen LogP contribution in [0.4, 0.5) is 24.7 Å². The van der Waals surface area contributed by atoms with Crippen molar-refractivity contribution in [3.8, 4) is 0 Å². The summed E-state index contributed by atoms with van der Waals surface area (Å²) in [7, 11) is 0. The number of anilines is 2. The molecule has 1 aliphatic carbocycles. The third-order valence-corrected chi connectivity index (χ3v) is 4.67. The zero-order valence-electron chi connectivity index (χ0n) is 13.3. The molecule has 1 fully saturated rings. The second-order valence-electron chi connectivity index (χ2n) is 6.56. The van der Waals surface area contributed by atoms with E-state index in [1.807, 2.05) is 0 Å². The normalized spacial score (nSPS) is 22.8. The summed E-state index contributed by atoms with van der Waals surface area (Å²) in [4.78, 5) is 12.3. The molecule has 4 rings (SSSR count). The van der Waals surface area contributed by atoms with Crippen LogP contribution < -0.4 is 10.6 Å². The molecule has 132 valence electrons. The molecule has 5 nitrogen and oxygen atoms in total. The summed E-state index contributed by atoms with van der Waals surface area (Å²) in [6.45, 7) is 0. The van der Waals surface area contributed by atoms with E-state index in [1.165, 1.54) is 6.07 Å². The standard InChI is InChI=1S/C17H17F3N4O/c18-17(19,20)14-8-12(10-6-7-10)22-15-9-13(23-24(14)15)16(25)21-11-4-2-1-3-5-11/h1-5,9-10,12,14,22H,6-8H2,(H,21,25). The van der Waals surface area contributed by atoms with Crippen molar-refractivity contribution in [1.82, 2.24) is 9.78 Å². The Bertz CT molecular complexity index is 783. The molecular formula is C17H17F3N4O. The number of hydrogen-bond acceptors (Lipinski definition) is 3. The average molecular weight is 350 g/mol. The van der Waals surface area contributed by atoms with Gasteiger partial charge in [0.25, 0.3) is 5.91 Å². The van der Waals surface area contributed by atoms with E-state index >= 15 is 0 Å². The Morgan fingerprint density at radius 1 is 1.24 bits per heavy atom. The summed E-state index contributed by atoms with van der Waals surface area (Å²) in [6.07, 6.45) is -2.57. The first-order chi connectivity index (χ1) is 11.9. The molecule has 0 bridgehead atoms. The van der Waals surface area contributed by atoms with Gasteiger partial charge in [-0.15, -0.1) is 0 Å². The maximum atomic E-state index is 13.4. The maximum Gasteiger partial charge on any atom is 0.410 e. The first-order valence-corrected chi connectivity index (χ1v) is 8.21. The molecule has 25 heavy (non-hydrogen) atoms. The van der Waals surface area contributed by atoms with Gasteiger partial charge in [0, 0.05) is 17.8 Å². The summed E-state index contributed by atoms with van der Waals surface area (Å²) < 4.78 is 41.2. The number of amides is 1. The van der Waals surface area contributed by atoms with Crippen LogP contribution in [0.25, 0.3) is 0 Å². The Labute approximate surface area is 142 Å². The monoisotopic (exact) mass is 350 g/mol. The summed E-state index contributed by atoms with van der Waals surface area (Å²) in [5.74, 6) is -0.00224. The summed E-state index contributed by atoms with van der Waals surface area (Å²) in [6, 6.07) is 8.20. The van der Waals surface area contributed by atoms with E-state index in [4.69, 9.17) is 0 Å². The molecule has 1 aromatic carbocycles. The van der Waals surface area contributed by atoms with Crippen LogP contribution in [-0.4, -0.2) is 27.9 Å². The minimum Gasteiger partial charge on any atom is -0.367 e. The Hall–Kier alpha value is -2.51. The van der Waals surface area contributed by atoms with Gasteiger partial charge in [-0.1, -0.05) is 18.2 Å². The van der Waals surface area contributed by atoms with E-state index in [1.54, 1.807) is 30.3 Å². The molecule has 2 atom stereocenters. The molecule has 0 saturated heterocycles. The van der Waals surface area contributed by atoms with Crippen LogP contribution >= 0.6 is 0 Å². The average Bonchev–Trinajstić information content (AvgIpc) is 3.32.